The molecule has 0 fully saturated rings. The lowest BCUT2D eigenvalue weighted by Crippen LogP contribution is -2.21. The SMILES string of the molecule is O=c1c2cnn(-c3ccccc3[N+](=O)[O-])c2ncn1Cc1ccc([N+](=O)[O-])cc1. The van der Waals surface area contributed by atoms with Crippen LogP contribution in [0.3, 0.4) is 0 Å². The van der Waals surface area contributed by atoms with E-state index in [0.29, 0.717) is 5.56 Å². The summed E-state index contributed by atoms with van der Waals surface area (Å²) in [5, 5.41) is 26.3. The van der Waals surface area contributed by atoms with Crippen LogP contribution in [0, 0.1) is 20.2 Å². The summed E-state index contributed by atoms with van der Waals surface area (Å²) in [6, 6.07) is 11.9. The van der Waals surface area contributed by atoms with E-state index in [4.69, 9.17) is 0 Å². The molecule has 0 amide bonds. The molecule has 144 valence electrons. The van der Waals surface area contributed by atoms with Gasteiger partial charge < -0.3 is 0 Å². The lowest BCUT2D eigenvalue weighted by atomic mass is 10.2. The average Bonchev–Trinajstić information content (AvgIpc) is 3.15. The third kappa shape index (κ3) is 3.20. The number of nitro benzene ring substituents is 2. The quantitative estimate of drug-likeness (QED) is 0.375. The first-order valence-electron chi connectivity index (χ1n) is 8.36. The highest BCUT2D eigenvalue weighted by molar-refractivity contribution is 5.76. The zero-order chi connectivity index (χ0) is 20.5. The topological polar surface area (TPSA) is 139 Å². The first-order valence-corrected chi connectivity index (χ1v) is 8.36. The van der Waals surface area contributed by atoms with Crippen molar-refractivity contribution in [1.82, 2.24) is 19.3 Å². The number of non-ortho nitro benzene ring substituents is 1. The monoisotopic (exact) mass is 392 g/mol. The number of para-hydroxylation sites is 2. The summed E-state index contributed by atoms with van der Waals surface area (Å²) in [7, 11) is 0. The Morgan fingerprint density at radius 3 is 2.38 bits per heavy atom. The van der Waals surface area contributed by atoms with Crippen LogP contribution in [-0.2, 0) is 6.54 Å². The highest BCUT2D eigenvalue weighted by Gasteiger charge is 2.19. The van der Waals surface area contributed by atoms with Gasteiger partial charge in [-0.2, -0.15) is 5.10 Å². The molecule has 11 nitrogen and oxygen atoms in total. The Hall–Kier alpha value is -4.41. The molecule has 0 aliphatic carbocycles. The molecule has 0 bridgehead atoms. The highest BCUT2D eigenvalue weighted by Crippen LogP contribution is 2.24. The predicted molar refractivity (Wildman–Crippen MR) is 102 cm³/mol. The molecule has 2 heterocycles. The van der Waals surface area contributed by atoms with Gasteiger partial charge in [0.15, 0.2) is 5.65 Å². The van der Waals surface area contributed by atoms with Gasteiger partial charge in [-0.3, -0.25) is 29.6 Å². The minimum absolute atomic E-state index is 0.0413. The summed E-state index contributed by atoms with van der Waals surface area (Å²) in [4.78, 5) is 38.0. The Kier molecular flexibility index (Phi) is 4.31. The van der Waals surface area contributed by atoms with E-state index in [0.717, 1.165) is 0 Å². The normalized spacial score (nSPS) is 10.9. The van der Waals surface area contributed by atoms with Gasteiger partial charge in [0.2, 0.25) is 0 Å². The number of benzene rings is 2. The zero-order valence-corrected chi connectivity index (χ0v) is 14.7. The molecule has 11 heteroatoms. The maximum atomic E-state index is 12.8. The van der Waals surface area contributed by atoms with E-state index in [9.17, 15) is 25.0 Å². The summed E-state index contributed by atoms with van der Waals surface area (Å²) in [6.07, 6.45) is 2.63. The van der Waals surface area contributed by atoms with Crippen LogP contribution in [0.25, 0.3) is 16.7 Å². The summed E-state index contributed by atoms with van der Waals surface area (Å²) in [5.41, 5.74) is 0.509. The Morgan fingerprint density at radius 2 is 1.69 bits per heavy atom. The molecule has 0 saturated carbocycles. The molecule has 4 rings (SSSR count). The van der Waals surface area contributed by atoms with Gasteiger partial charge in [-0.05, 0) is 11.6 Å². The van der Waals surface area contributed by atoms with Crippen LogP contribution < -0.4 is 5.56 Å². The van der Waals surface area contributed by atoms with Crippen LogP contribution in [0.2, 0.25) is 0 Å². The van der Waals surface area contributed by atoms with Crippen molar-refractivity contribution >= 4 is 22.4 Å². The highest BCUT2D eigenvalue weighted by atomic mass is 16.6. The molecule has 4 aromatic rings. The van der Waals surface area contributed by atoms with Crippen molar-refractivity contribution < 1.29 is 9.85 Å². The molecule has 0 N–H and O–H groups in total. The van der Waals surface area contributed by atoms with Gasteiger partial charge in [0.05, 0.1) is 22.6 Å². The van der Waals surface area contributed by atoms with Crippen molar-refractivity contribution in [2.75, 3.05) is 0 Å². The van der Waals surface area contributed by atoms with E-state index in [1.807, 2.05) is 0 Å². The van der Waals surface area contributed by atoms with E-state index < -0.39 is 9.85 Å². The second-order valence-electron chi connectivity index (χ2n) is 6.14. The summed E-state index contributed by atoms with van der Waals surface area (Å²) < 4.78 is 2.60. The Balaban J connectivity index is 1.74. The molecule has 29 heavy (non-hydrogen) atoms. The van der Waals surface area contributed by atoms with Crippen molar-refractivity contribution in [2.24, 2.45) is 0 Å². The maximum absolute atomic E-state index is 12.8. The lowest BCUT2D eigenvalue weighted by Gasteiger charge is -2.07. The smallest absolute Gasteiger partial charge is 0.294 e. The van der Waals surface area contributed by atoms with Crippen LogP contribution in [0.5, 0.6) is 0 Å². The van der Waals surface area contributed by atoms with Crippen LogP contribution >= 0.6 is 0 Å². The van der Waals surface area contributed by atoms with Crippen molar-refractivity contribution in [3.63, 3.8) is 0 Å². The molecule has 0 unspecified atom stereocenters. The molecule has 0 saturated heterocycles. The molecular weight excluding hydrogens is 380 g/mol. The largest absolute Gasteiger partial charge is 0.294 e. The number of aromatic nitrogens is 4. The van der Waals surface area contributed by atoms with E-state index in [-0.39, 0.29) is 40.2 Å². The number of fused-ring (bicyclic) bond motifs is 1. The molecule has 0 spiro atoms. The molecule has 2 aromatic carbocycles. The Bertz CT molecular complexity index is 1310. The molecule has 0 atom stereocenters. The van der Waals surface area contributed by atoms with Gasteiger partial charge in [0.25, 0.3) is 16.9 Å². The predicted octanol–water partition coefficient (Wildman–Crippen LogP) is 2.45. The van der Waals surface area contributed by atoms with Gasteiger partial charge in [0, 0.05) is 18.2 Å². The van der Waals surface area contributed by atoms with Gasteiger partial charge in [-0.1, -0.05) is 24.3 Å². The minimum atomic E-state index is -0.529. The van der Waals surface area contributed by atoms with Gasteiger partial charge in [-0.25, -0.2) is 9.67 Å². The van der Waals surface area contributed by atoms with Gasteiger partial charge >= 0.3 is 0 Å². The summed E-state index contributed by atoms with van der Waals surface area (Å²) >= 11 is 0. The zero-order valence-electron chi connectivity index (χ0n) is 14.7. The summed E-state index contributed by atoms with van der Waals surface area (Å²) in [6.45, 7) is 0.163. The molecule has 0 radical (unpaired) electrons. The van der Waals surface area contributed by atoms with E-state index >= 15 is 0 Å². The second kappa shape index (κ2) is 6.96. The van der Waals surface area contributed by atoms with Crippen molar-refractivity contribution in [1.29, 1.82) is 0 Å². The van der Waals surface area contributed by atoms with E-state index in [1.54, 1.807) is 18.2 Å². The van der Waals surface area contributed by atoms with Crippen LogP contribution in [0.1, 0.15) is 5.56 Å². The average molecular weight is 392 g/mol. The van der Waals surface area contributed by atoms with Crippen LogP contribution in [-0.4, -0.2) is 29.2 Å². The van der Waals surface area contributed by atoms with Crippen LogP contribution in [0.15, 0.2) is 65.8 Å². The fourth-order valence-corrected chi connectivity index (χ4v) is 2.95. The van der Waals surface area contributed by atoms with Crippen LogP contribution in [0.4, 0.5) is 11.4 Å². The maximum Gasteiger partial charge on any atom is 0.294 e. The van der Waals surface area contributed by atoms with E-state index in [2.05, 4.69) is 10.1 Å². The number of hydrogen-bond donors (Lipinski definition) is 0. The van der Waals surface area contributed by atoms with Gasteiger partial charge in [-0.15, -0.1) is 0 Å². The molecule has 0 aliphatic rings. The third-order valence-corrected chi connectivity index (χ3v) is 4.36. The third-order valence-electron chi connectivity index (χ3n) is 4.36. The number of nitrogens with zero attached hydrogens (tertiary/aromatic N) is 6. The minimum Gasteiger partial charge on any atom is -0.294 e. The van der Waals surface area contributed by atoms with Crippen molar-refractivity contribution in [3.05, 3.63) is 97.2 Å². The number of hydrogen-bond acceptors (Lipinski definition) is 7. The van der Waals surface area contributed by atoms with Crippen molar-refractivity contribution in [3.8, 4) is 5.69 Å². The Morgan fingerprint density at radius 1 is 0.966 bits per heavy atom. The first-order chi connectivity index (χ1) is 14.0. The molecule has 2 aromatic heterocycles. The molecular formula is C18H12N6O5. The number of rotatable bonds is 5. The Labute approximate surface area is 161 Å². The first kappa shape index (κ1) is 18.0. The van der Waals surface area contributed by atoms with E-state index in [1.165, 1.54) is 52.1 Å². The number of nitro groups is 2. The van der Waals surface area contributed by atoms with Gasteiger partial charge in [0.1, 0.15) is 17.4 Å². The van der Waals surface area contributed by atoms with Crippen molar-refractivity contribution in [2.45, 2.75) is 6.54 Å². The lowest BCUT2D eigenvalue weighted by molar-refractivity contribution is -0.385. The standard InChI is InChI=1S/C18H12N6O5/c25-18-14-9-20-22(15-3-1-2-4-16(15)24(28)29)17(14)19-11-21(18)10-12-5-7-13(8-6-12)23(26)27/h1-9,11H,10H2. The fourth-order valence-electron chi connectivity index (χ4n) is 2.95. The fraction of sp³-hybridized carbons (Fsp3) is 0.0556. The molecule has 0 aliphatic heterocycles. The summed E-state index contributed by atoms with van der Waals surface area (Å²) in [5.74, 6) is 0. The second-order valence-corrected chi connectivity index (χ2v) is 6.14.